The van der Waals surface area contributed by atoms with Gasteiger partial charge in [0, 0.05) is 18.5 Å². The number of amides is 1. The molecule has 1 aliphatic heterocycles. The Morgan fingerprint density at radius 2 is 2.11 bits per heavy atom. The third-order valence-corrected chi connectivity index (χ3v) is 4.02. The van der Waals surface area contributed by atoms with Gasteiger partial charge in [0.2, 0.25) is 5.91 Å². The molecule has 1 fully saturated rings. The average Bonchev–Trinajstić information content (AvgIpc) is 2.68. The highest BCUT2D eigenvalue weighted by Crippen LogP contribution is 2.17. The number of rotatable bonds is 7. The maximum atomic E-state index is 12.1. The molecule has 0 unspecified atom stereocenters. The molecule has 8 heteroatoms. The van der Waals surface area contributed by atoms with Crippen LogP contribution in [0.5, 0.6) is 0 Å². The third-order valence-electron chi connectivity index (χ3n) is 4.02. The van der Waals surface area contributed by atoms with Crippen molar-refractivity contribution in [1.29, 1.82) is 0 Å². The van der Waals surface area contributed by atoms with E-state index in [0.29, 0.717) is 37.5 Å². The standard InChI is InChI=1S/C19H20N4O4/c24-18-8-6-16(12-23(18)27-13-14-4-2-1-3-5-14)22-17-11-20-15(10-21-17)7-9-19(25)26/h1-5,7,9-11,16H,6,8,12-13H2,(H,21,22)(H,25,26)/b9-7+/t16-/m1/s1. The van der Waals surface area contributed by atoms with E-state index in [2.05, 4.69) is 15.3 Å². The second-order valence-corrected chi connectivity index (χ2v) is 6.09. The van der Waals surface area contributed by atoms with Gasteiger partial charge in [0.25, 0.3) is 0 Å². The van der Waals surface area contributed by atoms with Crippen molar-refractivity contribution in [3.8, 4) is 0 Å². The highest BCUT2D eigenvalue weighted by molar-refractivity contribution is 5.84. The Bertz CT molecular complexity index is 808. The molecule has 2 N–H and O–H groups in total. The lowest BCUT2D eigenvalue weighted by molar-refractivity contribution is -0.197. The summed E-state index contributed by atoms with van der Waals surface area (Å²) in [6, 6.07) is 9.66. The summed E-state index contributed by atoms with van der Waals surface area (Å²) in [5.74, 6) is -0.518. The van der Waals surface area contributed by atoms with Gasteiger partial charge in [0.1, 0.15) is 12.4 Å². The number of hydroxylamine groups is 2. The van der Waals surface area contributed by atoms with Gasteiger partial charge in [-0.2, -0.15) is 0 Å². The molecule has 0 radical (unpaired) electrons. The van der Waals surface area contributed by atoms with Crippen molar-refractivity contribution in [1.82, 2.24) is 15.0 Å². The molecule has 2 aromatic rings. The van der Waals surface area contributed by atoms with Crippen molar-refractivity contribution < 1.29 is 19.5 Å². The minimum atomic E-state index is -1.04. The molecule has 140 valence electrons. The van der Waals surface area contributed by atoms with Crippen LogP contribution in [0.2, 0.25) is 0 Å². The predicted molar refractivity (Wildman–Crippen MR) is 98.3 cm³/mol. The van der Waals surface area contributed by atoms with Gasteiger partial charge in [-0.3, -0.25) is 14.6 Å². The smallest absolute Gasteiger partial charge is 0.328 e. The molecule has 1 aromatic carbocycles. The number of carbonyl (C=O) groups excluding carboxylic acids is 1. The van der Waals surface area contributed by atoms with Gasteiger partial charge in [-0.05, 0) is 18.1 Å². The van der Waals surface area contributed by atoms with Crippen LogP contribution in [-0.4, -0.2) is 44.6 Å². The van der Waals surface area contributed by atoms with E-state index < -0.39 is 5.97 Å². The molecule has 0 saturated carbocycles. The van der Waals surface area contributed by atoms with E-state index in [0.717, 1.165) is 11.6 Å². The molecule has 0 aliphatic carbocycles. The van der Waals surface area contributed by atoms with E-state index >= 15 is 0 Å². The molecular weight excluding hydrogens is 348 g/mol. The maximum absolute atomic E-state index is 12.1. The monoisotopic (exact) mass is 368 g/mol. The first-order valence-corrected chi connectivity index (χ1v) is 8.57. The van der Waals surface area contributed by atoms with Crippen LogP contribution in [-0.2, 0) is 21.0 Å². The fraction of sp³-hybridized carbons (Fsp3) is 0.263. The summed E-state index contributed by atoms with van der Waals surface area (Å²) < 4.78 is 0. The number of hydrogen-bond acceptors (Lipinski definition) is 6. The van der Waals surface area contributed by atoms with Gasteiger partial charge in [-0.15, -0.1) is 0 Å². The third kappa shape index (κ3) is 5.61. The number of nitrogens with zero attached hydrogens (tertiary/aromatic N) is 3. The van der Waals surface area contributed by atoms with Crippen LogP contribution in [0.25, 0.3) is 6.08 Å². The Morgan fingerprint density at radius 3 is 2.81 bits per heavy atom. The van der Waals surface area contributed by atoms with E-state index in [-0.39, 0.29) is 11.9 Å². The van der Waals surface area contributed by atoms with Gasteiger partial charge in [0.05, 0.1) is 24.6 Å². The Labute approximate surface area is 156 Å². The Kier molecular flexibility index (Phi) is 6.11. The molecule has 27 heavy (non-hydrogen) atoms. The fourth-order valence-corrected chi connectivity index (χ4v) is 2.65. The first-order chi connectivity index (χ1) is 13.1. The van der Waals surface area contributed by atoms with E-state index in [9.17, 15) is 9.59 Å². The number of piperidine rings is 1. The average molecular weight is 368 g/mol. The normalized spacial score (nSPS) is 17.3. The van der Waals surface area contributed by atoms with Gasteiger partial charge in [0.15, 0.2) is 0 Å². The first kappa shape index (κ1) is 18.5. The summed E-state index contributed by atoms with van der Waals surface area (Å²) in [6.45, 7) is 0.748. The van der Waals surface area contributed by atoms with Crippen LogP contribution >= 0.6 is 0 Å². The number of carbonyl (C=O) groups is 2. The van der Waals surface area contributed by atoms with Gasteiger partial charge in [-0.25, -0.2) is 14.8 Å². The van der Waals surface area contributed by atoms with Gasteiger partial charge >= 0.3 is 5.97 Å². The SMILES string of the molecule is O=C(O)/C=C/c1cnc(N[C@@H]2CCC(=O)N(OCc3ccccc3)C2)cn1. The largest absolute Gasteiger partial charge is 0.478 e. The molecular formula is C19H20N4O4. The molecule has 1 aromatic heterocycles. The molecule has 8 nitrogen and oxygen atoms in total. The zero-order chi connectivity index (χ0) is 19.1. The van der Waals surface area contributed by atoms with E-state index in [4.69, 9.17) is 9.94 Å². The Hall–Kier alpha value is -3.26. The number of carboxylic acids is 1. The summed E-state index contributed by atoms with van der Waals surface area (Å²) >= 11 is 0. The van der Waals surface area contributed by atoms with Gasteiger partial charge in [-0.1, -0.05) is 30.3 Å². The summed E-state index contributed by atoms with van der Waals surface area (Å²) in [7, 11) is 0. The number of benzene rings is 1. The topological polar surface area (TPSA) is 105 Å². The zero-order valence-corrected chi connectivity index (χ0v) is 14.6. The van der Waals surface area contributed by atoms with E-state index in [1.54, 1.807) is 0 Å². The molecule has 1 atom stereocenters. The van der Waals surface area contributed by atoms with E-state index in [1.807, 2.05) is 30.3 Å². The van der Waals surface area contributed by atoms with Crippen LogP contribution < -0.4 is 5.32 Å². The summed E-state index contributed by atoms with van der Waals surface area (Å²) in [6.07, 6.45) is 6.46. The first-order valence-electron chi connectivity index (χ1n) is 8.57. The minimum absolute atomic E-state index is 0.00631. The lowest BCUT2D eigenvalue weighted by Crippen LogP contribution is -2.45. The lowest BCUT2D eigenvalue weighted by atomic mass is 10.1. The minimum Gasteiger partial charge on any atom is -0.478 e. The molecule has 0 spiro atoms. The van der Waals surface area contributed by atoms with Crippen LogP contribution in [0.1, 0.15) is 24.1 Å². The van der Waals surface area contributed by atoms with Crippen molar-refractivity contribution in [2.75, 3.05) is 11.9 Å². The summed E-state index contributed by atoms with van der Waals surface area (Å²) in [5, 5.41) is 13.2. The second-order valence-electron chi connectivity index (χ2n) is 6.09. The van der Waals surface area contributed by atoms with Crippen molar-refractivity contribution in [2.24, 2.45) is 0 Å². The maximum Gasteiger partial charge on any atom is 0.328 e. The summed E-state index contributed by atoms with van der Waals surface area (Å²) in [4.78, 5) is 36.6. The van der Waals surface area contributed by atoms with Crippen molar-refractivity contribution in [3.63, 3.8) is 0 Å². The highest BCUT2D eigenvalue weighted by atomic mass is 16.7. The zero-order valence-electron chi connectivity index (χ0n) is 14.6. The van der Waals surface area contributed by atoms with Crippen molar-refractivity contribution in [3.05, 3.63) is 60.1 Å². The van der Waals surface area contributed by atoms with Crippen molar-refractivity contribution in [2.45, 2.75) is 25.5 Å². The highest BCUT2D eigenvalue weighted by Gasteiger charge is 2.26. The number of nitrogens with one attached hydrogen (secondary N) is 1. The van der Waals surface area contributed by atoms with Crippen LogP contribution in [0.3, 0.4) is 0 Å². The molecule has 1 saturated heterocycles. The molecule has 0 bridgehead atoms. The molecule has 1 amide bonds. The second kappa shape index (κ2) is 8.91. The van der Waals surface area contributed by atoms with Crippen molar-refractivity contribution >= 4 is 23.8 Å². The summed E-state index contributed by atoms with van der Waals surface area (Å²) in [5.41, 5.74) is 1.45. The number of anilines is 1. The lowest BCUT2D eigenvalue weighted by Gasteiger charge is -2.32. The number of carboxylic acid groups (broad SMARTS) is 1. The fourth-order valence-electron chi connectivity index (χ4n) is 2.65. The Morgan fingerprint density at radius 1 is 1.30 bits per heavy atom. The van der Waals surface area contributed by atoms with Crippen LogP contribution in [0.4, 0.5) is 5.82 Å². The number of aliphatic carboxylic acids is 1. The number of aromatic nitrogens is 2. The number of hydrogen-bond donors (Lipinski definition) is 2. The predicted octanol–water partition coefficient (Wildman–Crippen LogP) is 2.11. The molecule has 2 heterocycles. The molecule has 1 aliphatic rings. The van der Waals surface area contributed by atoms with Gasteiger partial charge < -0.3 is 10.4 Å². The molecule has 3 rings (SSSR count). The quantitative estimate of drug-likeness (QED) is 0.721. The van der Waals surface area contributed by atoms with E-state index in [1.165, 1.54) is 23.5 Å². The van der Waals surface area contributed by atoms with Crippen LogP contribution in [0, 0.1) is 0 Å². The Balaban J connectivity index is 1.54. The van der Waals surface area contributed by atoms with Crippen LogP contribution in [0.15, 0.2) is 48.8 Å².